The van der Waals surface area contributed by atoms with Gasteiger partial charge in [0.1, 0.15) is 0 Å². The van der Waals surface area contributed by atoms with Gasteiger partial charge in [-0.3, -0.25) is 0 Å². The molecule has 0 spiro atoms. The van der Waals surface area contributed by atoms with Gasteiger partial charge < -0.3 is 5.11 Å². The van der Waals surface area contributed by atoms with Crippen LogP contribution in [0.2, 0.25) is 0 Å². The number of carboxylic acids is 1. The van der Waals surface area contributed by atoms with Crippen LogP contribution in [0.25, 0.3) is 0 Å². The van der Waals surface area contributed by atoms with Gasteiger partial charge in [-0.05, 0) is 35.6 Å². The van der Waals surface area contributed by atoms with Crippen LogP contribution >= 0.6 is 11.8 Å². The summed E-state index contributed by atoms with van der Waals surface area (Å²) in [7, 11) is 0. The second-order valence-corrected chi connectivity index (χ2v) is 4.20. The zero-order valence-corrected chi connectivity index (χ0v) is 9.17. The highest BCUT2D eigenvalue weighted by molar-refractivity contribution is 7.98. The molecule has 3 heteroatoms. The fraction of sp³-hybridized carbons (Fsp3) is 0.364. The van der Waals surface area contributed by atoms with Crippen LogP contribution < -0.4 is 0 Å². The second-order valence-electron chi connectivity index (χ2n) is 3.29. The van der Waals surface area contributed by atoms with Crippen molar-refractivity contribution in [2.75, 3.05) is 12.0 Å². The number of hydrogen-bond acceptors (Lipinski definition) is 2. The lowest BCUT2D eigenvalue weighted by atomic mass is 10.0. The third-order valence-electron chi connectivity index (χ3n) is 2.12. The van der Waals surface area contributed by atoms with Gasteiger partial charge in [-0.25, -0.2) is 4.79 Å². The molecule has 1 N–H and O–H groups in total. The molecule has 0 saturated heterocycles. The Bertz CT molecular complexity index is 323. The smallest absolute Gasteiger partial charge is 0.335 e. The van der Waals surface area contributed by atoms with E-state index in [9.17, 15) is 4.79 Å². The molecule has 2 nitrogen and oxygen atoms in total. The number of thioether (sulfide) groups is 1. The van der Waals surface area contributed by atoms with Crippen molar-refractivity contribution in [2.45, 2.75) is 12.8 Å². The highest BCUT2D eigenvalue weighted by Gasteiger charge is 2.08. The first-order chi connectivity index (χ1) is 6.65. The minimum atomic E-state index is -0.858. The van der Waals surface area contributed by atoms with Crippen molar-refractivity contribution in [1.29, 1.82) is 0 Å². The molecule has 0 heterocycles. The van der Waals surface area contributed by atoms with Crippen LogP contribution in [0.1, 0.15) is 28.8 Å². The summed E-state index contributed by atoms with van der Waals surface area (Å²) in [6.45, 7) is 2.11. The molecule has 1 aromatic carbocycles. The van der Waals surface area contributed by atoms with Crippen LogP contribution in [0.5, 0.6) is 0 Å². The average Bonchev–Trinajstić information content (AvgIpc) is 2.18. The zero-order valence-electron chi connectivity index (χ0n) is 8.36. The summed E-state index contributed by atoms with van der Waals surface area (Å²) in [5.74, 6) is 0.566. The maximum atomic E-state index is 10.7. The summed E-state index contributed by atoms with van der Waals surface area (Å²) in [6, 6.07) is 7.16. The molecule has 0 amide bonds. The Kier molecular flexibility index (Phi) is 4.01. The number of aromatic carboxylic acids is 1. The molecule has 0 saturated carbocycles. The van der Waals surface area contributed by atoms with Gasteiger partial charge in [-0.2, -0.15) is 11.8 Å². The first-order valence-electron chi connectivity index (χ1n) is 4.47. The molecule has 0 aliphatic carbocycles. The Labute approximate surface area is 88.3 Å². The van der Waals surface area contributed by atoms with Gasteiger partial charge in [-0.15, -0.1) is 0 Å². The topological polar surface area (TPSA) is 37.3 Å². The molecular formula is C11H14O2S. The summed E-state index contributed by atoms with van der Waals surface area (Å²) in [4.78, 5) is 10.7. The molecule has 0 fully saturated rings. The fourth-order valence-electron chi connectivity index (χ4n) is 1.32. The zero-order chi connectivity index (χ0) is 10.6. The highest BCUT2D eigenvalue weighted by Crippen LogP contribution is 2.19. The van der Waals surface area contributed by atoms with Crippen LogP contribution in [0.15, 0.2) is 24.3 Å². The number of rotatable bonds is 4. The SMILES string of the molecule is CSCC(C)c1cccc(C(=O)O)c1. The molecule has 0 bridgehead atoms. The fourth-order valence-corrected chi connectivity index (χ4v) is 2.02. The molecule has 1 rings (SSSR count). The van der Waals surface area contributed by atoms with Crippen molar-refractivity contribution in [1.82, 2.24) is 0 Å². The lowest BCUT2D eigenvalue weighted by molar-refractivity contribution is 0.0697. The van der Waals surface area contributed by atoms with E-state index in [0.29, 0.717) is 11.5 Å². The van der Waals surface area contributed by atoms with E-state index >= 15 is 0 Å². The van der Waals surface area contributed by atoms with E-state index in [1.807, 2.05) is 6.07 Å². The van der Waals surface area contributed by atoms with E-state index < -0.39 is 5.97 Å². The third kappa shape index (κ3) is 2.77. The van der Waals surface area contributed by atoms with Gasteiger partial charge >= 0.3 is 5.97 Å². The minimum absolute atomic E-state index is 0.371. The van der Waals surface area contributed by atoms with Crippen LogP contribution in [0.4, 0.5) is 0 Å². The lowest BCUT2D eigenvalue weighted by Gasteiger charge is -2.10. The van der Waals surface area contributed by atoms with E-state index in [0.717, 1.165) is 11.3 Å². The van der Waals surface area contributed by atoms with Crippen molar-refractivity contribution < 1.29 is 9.90 Å². The van der Waals surface area contributed by atoms with Gasteiger partial charge in [0.15, 0.2) is 0 Å². The number of carboxylic acid groups (broad SMARTS) is 1. The third-order valence-corrected chi connectivity index (χ3v) is 2.95. The number of hydrogen-bond donors (Lipinski definition) is 1. The van der Waals surface area contributed by atoms with E-state index in [-0.39, 0.29) is 0 Å². The molecule has 14 heavy (non-hydrogen) atoms. The molecule has 0 radical (unpaired) electrons. The van der Waals surface area contributed by atoms with E-state index in [2.05, 4.69) is 13.2 Å². The summed E-state index contributed by atoms with van der Waals surface area (Å²) in [5.41, 5.74) is 1.47. The molecule has 76 valence electrons. The molecule has 0 aromatic heterocycles. The average molecular weight is 210 g/mol. The first kappa shape index (κ1) is 11.1. The molecule has 1 aromatic rings. The molecular weight excluding hydrogens is 196 g/mol. The van der Waals surface area contributed by atoms with Gasteiger partial charge in [0, 0.05) is 0 Å². The molecule has 1 atom stereocenters. The highest BCUT2D eigenvalue weighted by atomic mass is 32.2. The van der Waals surface area contributed by atoms with Crippen LogP contribution in [-0.2, 0) is 0 Å². The standard InChI is InChI=1S/C11H14O2S/c1-8(7-14-2)9-4-3-5-10(6-9)11(12)13/h3-6,8H,7H2,1-2H3,(H,12,13). The van der Waals surface area contributed by atoms with Crippen LogP contribution in [0.3, 0.4) is 0 Å². The number of carbonyl (C=O) groups is 1. The van der Waals surface area contributed by atoms with Crippen LogP contribution in [0, 0.1) is 0 Å². The van der Waals surface area contributed by atoms with E-state index in [1.54, 1.807) is 30.0 Å². The van der Waals surface area contributed by atoms with Gasteiger partial charge in [-0.1, -0.05) is 19.1 Å². The molecule has 0 aliphatic rings. The van der Waals surface area contributed by atoms with Gasteiger partial charge in [0.05, 0.1) is 5.56 Å². The maximum Gasteiger partial charge on any atom is 0.335 e. The quantitative estimate of drug-likeness (QED) is 0.830. The summed E-state index contributed by atoms with van der Waals surface area (Å²) in [6.07, 6.45) is 2.05. The number of benzene rings is 1. The Hall–Kier alpha value is -0.960. The Morgan fingerprint density at radius 3 is 2.86 bits per heavy atom. The minimum Gasteiger partial charge on any atom is -0.478 e. The predicted octanol–water partition coefficient (Wildman–Crippen LogP) is 2.85. The summed E-state index contributed by atoms with van der Waals surface area (Å²) >= 11 is 1.77. The normalized spacial score (nSPS) is 12.4. The van der Waals surface area contributed by atoms with Crippen molar-refractivity contribution in [3.8, 4) is 0 Å². The van der Waals surface area contributed by atoms with Crippen molar-refractivity contribution >= 4 is 17.7 Å². The van der Waals surface area contributed by atoms with E-state index in [4.69, 9.17) is 5.11 Å². The first-order valence-corrected chi connectivity index (χ1v) is 5.86. The van der Waals surface area contributed by atoms with E-state index in [1.165, 1.54) is 0 Å². The summed E-state index contributed by atoms with van der Waals surface area (Å²) in [5, 5.41) is 8.82. The van der Waals surface area contributed by atoms with Gasteiger partial charge in [0.25, 0.3) is 0 Å². The Morgan fingerprint density at radius 1 is 1.57 bits per heavy atom. The predicted molar refractivity (Wildman–Crippen MR) is 60.2 cm³/mol. The Morgan fingerprint density at radius 2 is 2.29 bits per heavy atom. The van der Waals surface area contributed by atoms with Crippen molar-refractivity contribution in [3.05, 3.63) is 35.4 Å². The van der Waals surface area contributed by atoms with Crippen LogP contribution in [-0.4, -0.2) is 23.1 Å². The van der Waals surface area contributed by atoms with Crippen molar-refractivity contribution in [3.63, 3.8) is 0 Å². The largest absolute Gasteiger partial charge is 0.478 e. The second kappa shape index (κ2) is 5.05. The summed E-state index contributed by atoms with van der Waals surface area (Å²) < 4.78 is 0. The Balaban J connectivity index is 2.87. The lowest BCUT2D eigenvalue weighted by Crippen LogP contribution is -2.01. The maximum absolute atomic E-state index is 10.7. The van der Waals surface area contributed by atoms with Gasteiger partial charge in [0.2, 0.25) is 0 Å². The molecule has 0 aliphatic heterocycles. The monoisotopic (exact) mass is 210 g/mol. The molecule has 1 unspecified atom stereocenters. The van der Waals surface area contributed by atoms with Crippen molar-refractivity contribution in [2.24, 2.45) is 0 Å².